The Bertz CT molecular complexity index is 984. The molecule has 1 aliphatic heterocycles. The highest BCUT2D eigenvalue weighted by molar-refractivity contribution is 6.46. The minimum absolute atomic E-state index is 0.118. The van der Waals surface area contributed by atoms with Gasteiger partial charge < -0.3 is 19.6 Å². The first-order valence-corrected chi connectivity index (χ1v) is 10.7. The number of nitrogens with one attached hydrogen (secondary N) is 2. The van der Waals surface area contributed by atoms with Crippen LogP contribution in [0.25, 0.3) is 5.76 Å². The molecule has 1 aromatic carbocycles. The number of hydrogen-bond donors (Lipinski definition) is 2. The van der Waals surface area contributed by atoms with E-state index >= 15 is 0 Å². The van der Waals surface area contributed by atoms with Gasteiger partial charge in [-0.25, -0.2) is 4.98 Å². The lowest BCUT2D eigenvalue weighted by atomic mass is 9.94. The molecule has 3 N–H and O–H groups in total. The van der Waals surface area contributed by atoms with Crippen LogP contribution in [0.5, 0.6) is 5.75 Å². The molecule has 0 saturated carbocycles. The zero-order chi connectivity index (χ0) is 22.5. The molecular weight excluding hydrogens is 394 g/mol. The van der Waals surface area contributed by atoms with Crippen molar-refractivity contribution in [2.24, 2.45) is 0 Å². The summed E-state index contributed by atoms with van der Waals surface area (Å²) in [7, 11) is 1.57. The van der Waals surface area contributed by atoms with Gasteiger partial charge in [0, 0.05) is 17.2 Å². The van der Waals surface area contributed by atoms with Crippen molar-refractivity contribution in [2.75, 3.05) is 33.3 Å². The number of methoxy groups -OCH3 is 1. The standard InChI is InChI=1S/C24H29N3O4/c1-5-26(6-2)12-13-27-21(17-8-7-11-25-15-17)20(23(29)24(27)30)22(28)19-10-9-18(31-4)14-16(19)3/h7-11,14-15,21,28H,5-6,12-13H2,1-4H3/p+2. The SMILES string of the molecule is CC[NH+](CC)CCN1C(=O)C(=O)C(=C(O)c2ccc(OC)cc2C)C1c1ccc[nH+]c1. The van der Waals surface area contributed by atoms with Crippen molar-refractivity contribution >= 4 is 17.4 Å². The number of H-pyrrole nitrogens is 1. The topological polar surface area (TPSA) is 85.4 Å². The molecule has 0 bridgehead atoms. The molecule has 0 spiro atoms. The van der Waals surface area contributed by atoms with Crippen molar-refractivity contribution < 1.29 is 29.3 Å². The Morgan fingerprint density at radius 2 is 1.97 bits per heavy atom. The molecule has 1 saturated heterocycles. The average Bonchev–Trinajstić information content (AvgIpc) is 3.04. The molecule has 1 aromatic heterocycles. The first-order chi connectivity index (χ1) is 14.9. The summed E-state index contributed by atoms with van der Waals surface area (Å²) in [4.78, 5) is 32.0. The molecule has 1 atom stereocenters. The summed E-state index contributed by atoms with van der Waals surface area (Å²) < 4.78 is 5.24. The first-order valence-electron chi connectivity index (χ1n) is 10.7. The third-order valence-corrected chi connectivity index (χ3v) is 5.98. The van der Waals surface area contributed by atoms with Crippen LogP contribution in [0.3, 0.4) is 0 Å². The fourth-order valence-corrected chi connectivity index (χ4v) is 4.09. The Kier molecular flexibility index (Phi) is 7.07. The fraction of sp³-hybridized carbons (Fsp3) is 0.375. The minimum Gasteiger partial charge on any atom is -0.507 e. The monoisotopic (exact) mass is 425 g/mol. The Morgan fingerprint density at radius 3 is 2.55 bits per heavy atom. The summed E-state index contributed by atoms with van der Waals surface area (Å²) in [6.45, 7) is 9.08. The van der Waals surface area contributed by atoms with E-state index in [4.69, 9.17) is 4.74 Å². The van der Waals surface area contributed by atoms with Gasteiger partial charge in [-0.2, -0.15) is 0 Å². The maximum absolute atomic E-state index is 13.1. The lowest BCUT2D eigenvalue weighted by molar-refractivity contribution is -0.895. The zero-order valence-corrected chi connectivity index (χ0v) is 18.6. The third-order valence-electron chi connectivity index (χ3n) is 5.98. The zero-order valence-electron chi connectivity index (χ0n) is 18.6. The van der Waals surface area contributed by atoms with Crippen LogP contribution in [0.2, 0.25) is 0 Å². The molecule has 2 aromatic rings. The molecule has 1 fully saturated rings. The van der Waals surface area contributed by atoms with Gasteiger partial charge in [-0.05, 0) is 50.6 Å². The van der Waals surface area contributed by atoms with E-state index < -0.39 is 17.7 Å². The highest BCUT2D eigenvalue weighted by Crippen LogP contribution is 2.39. The van der Waals surface area contributed by atoms with E-state index in [9.17, 15) is 14.7 Å². The maximum atomic E-state index is 13.1. The number of aliphatic hydroxyl groups is 1. The number of ketones is 1. The Morgan fingerprint density at radius 1 is 1.23 bits per heavy atom. The summed E-state index contributed by atoms with van der Waals surface area (Å²) in [6.07, 6.45) is 3.53. The number of benzene rings is 1. The number of aryl methyl sites for hydroxylation is 1. The number of likely N-dealkylation sites (N-methyl/N-ethyl adjacent to an activating group) is 1. The van der Waals surface area contributed by atoms with Crippen molar-refractivity contribution in [2.45, 2.75) is 26.8 Å². The molecule has 7 nitrogen and oxygen atoms in total. The number of amides is 1. The van der Waals surface area contributed by atoms with Gasteiger partial charge in [0.1, 0.15) is 11.5 Å². The molecule has 1 aliphatic rings. The van der Waals surface area contributed by atoms with Gasteiger partial charge in [0.2, 0.25) is 0 Å². The Hall–Kier alpha value is -3.19. The van der Waals surface area contributed by atoms with Gasteiger partial charge in [0.15, 0.2) is 12.4 Å². The number of carbonyl (C=O) groups excluding carboxylic acids is 2. The summed E-state index contributed by atoms with van der Waals surface area (Å²) >= 11 is 0. The number of aliphatic hydroxyl groups excluding tert-OH is 1. The molecular formula is C24H31N3O4+2. The fourth-order valence-electron chi connectivity index (χ4n) is 4.09. The second-order valence-corrected chi connectivity index (χ2v) is 7.72. The quantitative estimate of drug-likeness (QED) is 0.378. The van der Waals surface area contributed by atoms with Crippen molar-refractivity contribution in [3.63, 3.8) is 0 Å². The van der Waals surface area contributed by atoms with Crippen LogP contribution in [0.1, 0.15) is 36.6 Å². The van der Waals surface area contributed by atoms with Crippen LogP contribution in [-0.4, -0.2) is 55.0 Å². The minimum atomic E-state index is -0.656. The predicted octanol–water partition coefficient (Wildman–Crippen LogP) is 1.16. The number of Topliss-reactive ketones (excluding diaryl/α,β-unsaturated/α-hetero) is 1. The predicted molar refractivity (Wildman–Crippen MR) is 117 cm³/mol. The van der Waals surface area contributed by atoms with E-state index in [1.807, 2.05) is 19.1 Å². The molecule has 31 heavy (non-hydrogen) atoms. The average molecular weight is 426 g/mol. The van der Waals surface area contributed by atoms with E-state index in [0.717, 1.165) is 30.8 Å². The van der Waals surface area contributed by atoms with Crippen LogP contribution in [0.4, 0.5) is 0 Å². The van der Waals surface area contributed by atoms with Gasteiger partial charge in [0.25, 0.3) is 11.7 Å². The van der Waals surface area contributed by atoms with Crippen molar-refractivity contribution in [1.82, 2.24) is 4.90 Å². The molecule has 3 rings (SSSR count). The normalized spacial score (nSPS) is 18.1. The van der Waals surface area contributed by atoms with Gasteiger partial charge in [0.05, 0.1) is 44.9 Å². The smallest absolute Gasteiger partial charge is 0.295 e. The molecule has 2 heterocycles. The van der Waals surface area contributed by atoms with Gasteiger partial charge in [-0.15, -0.1) is 0 Å². The van der Waals surface area contributed by atoms with Crippen molar-refractivity contribution in [3.05, 3.63) is 65.0 Å². The van der Waals surface area contributed by atoms with E-state index in [2.05, 4.69) is 18.8 Å². The first kappa shape index (κ1) is 22.5. The largest absolute Gasteiger partial charge is 0.507 e. The van der Waals surface area contributed by atoms with Crippen LogP contribution < -0.4 is 14.6 Å². The van der Waals surface area contributed by atoms with Crippen LogP contribution >= 0.6 is 0 Å². The number of likely N-dealkylation sites (tertiary alicyclic amines) is 1. The van der Waals surface area contributed by atoms with Crippen molar-refractivity contribution in [3.8, 4) is 5.75 Å². The van der Waals surface area contributed by atoms with Gasteiger partial charge in [-0.3, -0.25) is 9.59 Å². The number of rotatable bonds is 8. The third kappa shape index (κ3) is 4.46. The number of hydrogen-bond acceptors (Lipinski definition) is 4. The summed E-state index contributed by atoms with van der Waals surface area (Å²) in [6, 6.07) is 8.27. The van der Waals surface area contributed by atoms with Crippen LogP contribution in [0.15, 0.2) is 48.3 Å². The number of quaternary nitrogens is 1. The number of nitrogens with zero attached hydrogens (tertiary/aromatic N) is 1. The maximum Gasteiger partial charge on any atom is 0.295 e. The number of aromatic amines is 1. The van der Waals surface area contributed by atoms with Gasteiger partial charge >= 0.3 is 0 Å². The van der Waals surface area contributed by atoms with E-state index in [0.29, 0.717) is 17.9 Å². The summed E-state index contributed by atoms with van der Waals surface area (Å²) in [5.74, 6) is -0.736. The van der Waals surface area contributed by atoms with E-state index in [-0.39, 0.29) is 11.3 Å². The number of pyridine rings is 1. The second-order valence-electron chi connectivity index (χ2n) is 7.72. The molecule has 1 unspecified atom stereocenters. The molecule has 1 amide bonds. The number of ether oxygens (including phenoxy) is 1. The lowest BCUT2D eigenvalue weighted by Gasteiger charge is -2.26. The highest BCUT2D eigenvalue weighted by Gasteiger charge is 2.47. The van der Waals surface area contributed by atoms with E-state index in [1.165, 1.54) is 4.90 Å². The molecule has 164 valence electrons. The summed E-state index contributed by atoms with van der Waals surface area (Å²) in [5, 5.41) is 11.2. The van der Waals surface area contributed by atoms with E-state index in [1.54, 1.807) is 42.6 Å². The lowest BCUT2D eigenvalue weighted by Crippen LogP contribution is -3.12. The second kappa shape index (κ2) is 9.75. The highest BCUT2D eigenvalue weighted by atomic mass is 16.5. The Balaban J connectivity index is 2.10. The molecule has 0 radical (unpaired) electrons. The molecule has 7 heteroatoms. The van der Waals surface area contributed by atoms with Crippen molar-refractivity contribution in [1.29, 1.82) is 0 Å². The Labute approximate surface area is 183 Å². The summed E-state index contributed by atoms with van der Waals surface area (Å²) in [5.41, 5.74) is 2.14. The number of aromatic nitrogens is 1. The van der Waals surface area contributed by atoms with Crippen LogP contribution in [-0.2, 0) is 9.59 Å². The van der Waals surface area contributed by atoms with Crippen LogP contribution in [0, 0.1) is 6.92 Å². The van der Waals surface area contributed by atoms with Gasteiger partial charge in [-0.1, -0.05) is 0 Å². The number of carbonyl (C=O) groups is 2. The molecule has 0 aliphatic carbocycles.